The van der Waals surface area contributed by atoms with Gasteiger partial charge < -0.3 is 25.3 Å². The van der Waals surface area contributed by atoms with E-state index in [1.807, 2.05) is 12.1 Å². The molecule has 10 heteroatoms. The fourth-order valence-electron chi connectivity index (χ4n) is 4.68. The van der Waals surface area contributed by atoms with E-state index >= 15 is 0 Å². The molecule has 0 saturated carbocycles. The average molecular weight is 494 g/mol. The van der Waals surface area contributed by atoms with E-state index in [-0.39, 0.29) is 28.6 Å². The molecule has 0 aliphatic carbocycles. The number of imidazole rings is 1. The first kappa shape index (κ1) is 22.1. The summed E-state index contributed by atoms with van der Waals surface area (Å²) in [6.45, 7) is 0. The van der Waals surface area contributed by atoms with Gasteiger partial charge in [-0.1, -0.05) is 30.3 Å². The van der Waals surface area contributed by atoms with Gasteiger partial charge >= 0.3 is 11.9 Å². The Kier molecular flexibility index (Phi) is 4.83. The van der Waals surface area contributed by atoms with Crippen LogP contribution in [0.25, 0.3) is 27.7 Å². The Hall–Kier alpha value is -5.38. The zero-order valence-corrected chi connectivity index (χ0v) is 19.0. The number of carbonyl (C=O) groups excluding carboxylic acids is 2. The summed E-state index contributed by atoms with van der Waals surface area (Å²) < 4.78 is 0. The number of phenols is 1. The number of benzene rings is 3. The Labute approximate surface area is 208 Å². The van der Waals surface area contributed by atoms with E-state index in [4.69, 9.17) is 0 Å². The van der Waals surface area contributed by atoms with Gasteiger partial charge in [0.15, 0.2) is 0 Å². The van der Waals surface area contributed by atoms with Crippen molar-refractivity contribution in [3.8, 4) is 5.75 Å². The molecule has 1 amide bonds. The number of aromatic hydroxyl groups is 1. The molecule has 3 aromatic carbocycles. The molecule has 3 heterocycles. The third kappa shape index (κ3) is 3.42. The SMILES string of the molecule is O=C1C(=O)N(c2nc3ccc(C(=O)O)cc3[nH]2)C(c2ccc(O)cc2)/C1=C(\O)c1c[nH]c2ccccc12. The standard InChI is InChI=1S/C27H18N4O6/c32-15-8-5-13(6-9-15)22-21(23(33)17-12-28-18-4-2-1-3-16(17)18)24(34)25(35)31(22)27-29-19-10-7-14(26(36)37)11-20(19)30-27/h1-12,22,28,32-33H,(H,29,30)(H,36,37)/b23-21+. The summed E-state index contributed by atoms with van der Waals surface area (Å²) >= 11 is 0. The number of carboxylic acids is 1. The van der Waals surface area contributed by atoms with Crippen LogP contribution in [0.3, 0.4) is 0 Å². The van der Waals surface area contributed by atoms with Crippen molar-refractivity contribution in [3.05, 3.63) is 95.2 Å². The van der Waals surface area contributed by atoms with Gasteiger partial charge in [0.1, 0.15) is 11.5 Å². The first-order chi connectivity index (χ1) is 17.8. The topological polar surface area (TPSA) is 160 Å². The number of fused-ring (bicyclic) bond motifs is 2. The number of H-pyrrole nitrogens is 2. The molecule has 6 rings (SSSR count). The number of rotatable bonds is 4. The molecule has 1 aliphatic heterocycles. The third-order valence-corrected chi connectivity index (χ3v) is 6.44. The van der Waals surface area contributed by atoms with Crippen molar-refractivity contribution in [2.75, 3.05) is 4.90 Å². The maximum absolute atomic E-state index is 13.4. The maximum atomic E-state index is 13.4. The summed E-state index contributed by atoms with van der Waals surface area (Å²) in [6, 6.07) is 16.3. The van der Waals surface area contributed by atoms with Crippen molar-refractivity contribution in [2.45, 2.75) is 6.04 Å². The fourth-order valence-corrected chi connectivity index (χ4v) is 4.68. The number of hydrogen-bond donors (Lipinski definition) is 5. The first-order valence-electron chi connectivity index (χ1n) is 11.2. The molecule has 1 fully saturated rings. The second kappa shape index (κ2) is 8.09. The highest BCUT2D eigenvalue weighted by Gasteiger charge is 2.48. The molecule has 1 atom stereocenters. The number of aliphatic hydroxyl groups excluding tert-OH is 1. The molecular formula is C27H18N4O6. The highest BCUT2D eigenvalue weighted by molar-refractivity contribution is 6.51. The lowest BCUT2D eigenvalue weighted by Crippen LogP contribution is -2.30. The number of hydrogen-bond acceptors (Lipinski definition) is 6. The number of nitrogens with one attached hydrogen (secondary N) is 2. The quantitative estimate of drug-likeness (QED) is 0.143. The molecule has 1 unspecified atom stereocenters. The van der Waals surface area contributed by atoms with Crippen LogP contribution >= 0.6 is 0 Å². The van der Waals surface area contributed by atoms with E-state index in [1.165, 1.54) is 30.3 Å². The lowest BCUT2D eigenvalue weighted by Gasteiger charge is -2.23. The number of aromatic carboxylic acids is 1. The molecule has 1 saturated heterocycles. The lowest BCUT2D eigenvalue weighted by atomic mass is 9.95. The van der Waals surface area contributed by atoms with Crippen molar-refractivity contribution in [1.82, 2.24) is 15.0 Å². The smallest absolute Gasteiger partial charge is 0.335 e. The number of ketones is 1. The predicted molar refractivity (Wildman–Crippen MR) is 134 cm³/mol. The number of carbonyl (C=O) groups is 3. The van der Waals surface area contributed by atoms with Crippen LogP contribution in [0.5, 0.6) is 5.75 Å². The van der Waals surface area contributed by atoms with Crippen LogP contribution in [0.15, 0.2) is 78.5 Å². The highest BCUT2D eigenvalue weighted by Crippen LogP contribution is 2.42. The number of aromatic amines is 2. The van der Waals surface area contributed by atoms with E-state index in [0.717, 1.165) is 10.4 Å². The summed E-state index contributed by atoms with van der Waals surface area (Å²) in [5.41, 5.74) is 2.18. The summed E-state index contributed by atoms with van der Waals surface area (Å²) in [5.74, 6) is -3.32. The lowest BCUT2D eigenvalue weighted by molar-refractivity contribution is -0.132. The number of carboxylic acid groups (broad SMARTS) is 1. The van der Waals surface area contributed by atoms with Crippen LogP contribution in [0.2, 0.25) is 0 Å². The summed E-state index contributed by atoms with van der Waals surface area (Å²) in [5, 5.41) is 31.2. The van der Waals surface area contributed by atoms with Gasteiger partial charge in [0.25, 0.3) is 5.78 Å². The van der Waals surface area contributed by atoms with Crippen LogP contribution in [0.1, 0.15) is 27.5 Å². The van der Waals surface area contributed by atoms with Crippen LogP contribution in [0.4, 0.5) is 5.95 Å². The molecule has 2 aromatic heterocycles. The first-order valence-corrected chi connectivity index (χ1v) is 11.2. The van der Waals surface area contributed by atoms with Crippen LogP contribution in [-0.4, -0.2) is 47.9 Å². The van der Waals surface area contributed by atoms with Crippen molar-refractivity contribution in [2.24, 2.45) is 0 Å². The molecule has 37 heavy (non-hydrogen) atoms. The van der Waals surface area contributed by atoms with Gasteiger partial charge in [-0.15, -0.1) is 0 Å². The zero-order chi connectivity index (χ0) is 25.8. The average Bonchev–Trinajstić information content (AvgIpc) is 3.58. The minimum atomic E-state index is -1.12. The minimum Gasteiger partial charge on any atom is -0.508 e. The van der Waals surface area contributed by atoms with Gasteiger partial charge in [-0.25, -0.2) is 9.78 Å². The number of phenolic OH excluding ortho intramolecular Hbond substituents is 1. The fraction of sp³-hybridized carbons (Fsp3) is 0.0370. The van der Waals surface area contributed by atoms with Gasteiger partial charge in [0.05, 0.1) is 28.2 Å². The Morgan fingerprint density at radius 2 is 1.70 bits per heavy atom. The van der Waals surface area contributed by atoms with Crippen molar-refractivity contribution >= 4 is 51.3 Å². The summed E-state index contributed by atoms with van der Waals surface area (Å²) in [6.07, 6.45) is 1.57. The van der Waals surface area contributed by atoms with Crippen LogP contribution in [0, 0.1) is 0 Å². The molecule has 10 nitrogen and oxygen atoms in total. The highest BCUT2D eigenvalue weighted by atomic mass is 16.4. The predicted octanol–water partition coefficient (Wildman–Crippen LogP) is 4.07. The van der Waals surface area contributed by atoms with E-state index < -0.39 is 23.7 Å². The molecule has 5 aromatic rings. The van der Waals surface area contributed by atoms with Crippen molar-refractivity contribution in [1.29, 1.82) is 0 Å². The van der Waals surface area contributed by atoms with Crippen molar-refractivity contribution in [3.63, 3.8) is 0 Å². The Balaban J connectivity index is 1.57. The zero-order valence-electron chi connectivity index (χ0n) is 19.0. The molecule has 182 valence electrons. The van der Waals surface area contributed by atoms with Gasteiger partial charge in [-0.2, -0.15) is 0 Å². The van der Waals surface area contributed by atoms with E-state index in [2.05, 4.69) is 15.0 Å². The number of aliphatic hydroxyl groups is 1. The van der Waals surface area contributed by atoms with Gasteiger partial charge in [-0.05, 0) is 42.0 Å². The van der Waals surface area contributed by atoms with Gasteiger partial charge in [-0.3, -0.25) is 14.5 Å². The van der Waals surface area contributed by atoms with Gasteiger partial charge in [0.2, 0.25) is 5.95 Å². The van der Waals surface area contributed by atoms with Crippen LogP contribution < -0.4 is 4.90 Å². The Morgan fingerprint density at radius 1 is 0.946 bits per heavy atom. The van der Waals surface area contributed by atoms with Crippen LogP contribution in [-0.2, 0) is 9.59 Å². The molecular weight excluding hydrogens is 476 g/mol. The number of Topliss-reactive ketones (excluding diaryl/α,β-unsaturated/α-hetero) is 1. The molecule has 0 spiro atoms. The number of aromatic nitrogens is 3. The van der Waals surface area contributed by atoms with Gasteiger partial charge in [0, 0.05) is 22.7 Å². The van der Waals surface area contributed by atoms with E-state index in [1.54, 1.807) is 30.5 Å². The molecule has 5 N–H and O–H groups in total. The number of anilines is 1. The number of para-hydroxylation sites is 1. The monoisotopic (exact) mass is 494 g/mol. The van der Waals surface area contributed by atoms with E-state index in [0.29, 0.717) is 27.5 Å². The summed E-state index contributed by atoms with van der Waals surface area (Å²) in [7, 11) is 0. The Bertz CT molecular complexity index is 1780. The number of nitrogens with zero attached hydrogens (tertiary/aromatic N) is 2. The normalized spacial score (nSPS) is 17.2. The van der Waals surface area contributed by atoms with Crippen molar-refractivity contribution < 1.29 is 29.7 Å². The van der Waals surface area contributed by atoms with E-state index in [9.17, 15) is 29.7 Å². The minimum absolute atomic E-state index is 0.00990. The largest absolute Gasteiger partial charge is 0.508 e. The molecule has 1 aliphatic rings. The third-order valence-electron chi connectivity index (χ3n) is 6.44. The Morgan fingerprint density at radius 3 is 2.46 bits per heavy atom. The molecule has 0 radical (unpaired) electrons. The number of amides is 1. The maximum Gasteiger partial charge on any atom is 0.335 e. The second-order valence-electron chi connectivity index (χ2n) is 8.61. The summed E-state index contributed by atoms with van der Waals surface area (Å²) in [4.78, 5) is 49.7. The second-order valence-corrected chi connectivity index (χ2v) is 8.61. The molecule has 0 bridgehead atoms.